The fraction of sp³-hybridized carbons (Fsp3) is 0.647. The first-order chi connectivity index (χ1) is 11.0. The number of ether oxygens (including phenoxy) is 1. The number of hydrogen-bond acceptors (Lipinski definition) is 4. The molecule has 0 spiro atoms. The summed E-state index contributed by atoms with van der Waals surface area (Å²) in [5.74, 6) is -5.78. The molecule has 2 unspecified atom stereocenters. The van der Waals surface area contributed by atoms with Crippen molar-refractivity contribution in [3.63, 3.8) is 0 Å². The lowest BCUT2D eigenvalue weighted by atomic mass is 9.79. The molecule has 0 aromatic carbocycles. The highest BCUT2D eigenvalue weighted by Crippen LogP contribution is 2.35. The maximum Gasteiger partial charge on any atom is 0.410 e. The summed E-state index contributed by atoms with van der Waals surface area (Å²) in [4.78, 5) is 25.7. The number of ketones is 1. The standard InChI is InChI=1S/C17H27F2NO4/c1-7-11-16(5,6)14(24-15(23)20(9-3)10-4)13(22)17(18,19)12(21)8-2/h7-8,12,14,21H,1-2,9-11H2,3-6H3. The molecular formula is C17H27F2NO4. The van der Waals surface area contributed by atoms with E-state index in [0.29, 0.717) is 19.2 Å². The number of aliphatic hydroxyl groups excluding tert-OH is 1. The van der Waals surface area contributed by atoms with Gasteiger partial charge in [-0.25, -0.2) is 4.79 Å². The maximum absolute atomic E-state index is 14.1. The van der Waals surface area contributed by atoms with Gasteiger partial charge in [-0.3, -0.25) is 4.79 Å². The fourth-order valence-electron chi connectivity index (χ4n) is 2.17. The lowest BCUT2D eigenvalue weighted by Gasteiger charge is -2.35. The second-order valence-corrected chi connectivity index (χ2v) is 6.09. The van der Waals surface area contributed by atoms with Gasteiger partial charge in [-0.15, -0.1) is 13.2 Å². The fourth-order valence-corrected chi connectivity index (χ4v) is 2.17. The predicted octanol–water partition coefficient (Wildman–Crippen LogP) is 3.19. The zero-order valence-electron chi connectivity index (χ0n) is 14.7. The Hall–Kier alpha value is -1.76. The Morgan fingerprint density at radius 3 is 2.12 bits per heavy atom. The SMILES string of the molecule is C=CCC(C)(C)C(OC(=O)N(CC)CC)C(=O)C(F)(F)C(O)C=C. The maximum atomic E-state index is 14.1. The molecule has 1 N–H and O–H groups in total. The highest BCUT2D eigenvalue weighted by molar-refractivity contribution is 5.92. The molecule has 138 valence electrons. The third kappa shape index (κ3) is 5.12. The summed E-state index contributed by atoms with van der Waals surface area (Å²) in [7, 11) is 0. The molecule has 5 nitrogen and oxygen atoms in total. The molecule has 0 aromatic rings. The molecule has 0 aliphatic carbocycles. The van der Waals surface area contributed by atoms with Crippen molar-refractivity contribution in [1.29, 1.82) is 0 Å². The molecular weight excluding hydrogens is 320 g/mol. The van der Waals surface area contributed by atoms with E-state index in [9.17, 15) is 23.5 Å². The highest BCUT2D eigenvalue weighted by Gasteiger charge is 2.53. The second kappa shape index (κ2) is 8.92. The van der Waals surface area contributed by atoms with Crippen LogP contribution in [0.3, 0.4) is 0 Å². The average molecular weight is 347 g/mol. The number of allylic oxidation sites excluding steroid dienone is 1. The van der Waals surface area contributed by atoms with E-state index in [4.69, 9.17) is 4.74 Å². The Labute approximate surface area is 142 Å². The van der Waals surface area contributed by atoms with Crippen molar-refractivity contribution in [2.75, 3.05) is 13.1 Å². The molecule has 7 heteroatoms. The number of carbonyl (C=O) groups is 2. The Kier molecular flexibility index (Phi) is 8.26. The summed E-state index contributed by atoms with van der Waals surface area (Å²) in [5, 5.41) is 9.38. The molecule has 0 saturated heterocycles. The zero-order chi connectivity index (χ0) is 19.1. The van der Waals surface area contributed by atoms with Crippen LogP contribution in [0.15, 0.2) is 25.3 Å². The van der Waals surface area contributed by atoms with Gasteiger partial charge in [0.2, 0.25) is 5.78 Å². The van der Waals surface area contributed by atoms with Crippen LogP contribution in [0.25, 0.3) is 0 Å². The monoisotopic (exact) mass is 347 g/mol. The van der Waals surface area contributed by atoms with Gasteiger partial charge in [-0.05, 0) is 20.3 Å². The lowest BCUT2D eigenvalue weighted by molar-refractivity contribution is -0.170. The minimum Gasteiger partial charge on any atom is -0.437 e. The molecule has 0 aromatic heterocycles. The lowest BCUT2D eigenvalue weighted by Crippen LogP contribution is -2.53. The molecule has 1 amide bonds. The number of halogens is 2. The van der Waals surface area contributed by atoms with Crippen molar-refractivity contribution >= 4 is 11.9 Å². The minimum atomic E-state index is -4.12. The molecule has 0 saturated carbocycles. The molecule has 0 aliphatic rings. The summed E-state index contributed by atoms with van der Waals surface area (Å²) in [6, 6.07) is 0. The average Bonchev–Trinajstić information content (AvgIpc) is 2.51. The van der Waals surface area contributed by atoms with E-state index in [1.807, 2.05) is 0 Å². The van der Waals surface area contributed by atoms with E-state index < -0.39 is 35.4 Å². The molecule has 0 bridgehead atoms. The normalized spacial score (nSPS) is 14.5. The van der Waals surface area contributed by atoms with Gasteiger partial charge in [0.15, 0.2) is 6.10 Å². The van der Waals surface area contributed by atoms with E-state index >= 15 is 0 Å². The van der Waals surface area contributed by atoms with Crippen molar-refractivity contribution in [3.05, 3.63) is 25.3 Å². The number of nitrogens with zero attached hydrogens (tertiary/aromatic N) is 1. The number of carbonyl (C=O) groups excluding carboxylic acids is 2. The van der Waals surface area contributed by atoms with Gasteiger partial charge in [-0.1, -0.05) is 26.0 Å². The highest BCUT2D eigenvalue weighted by atomic mass is 19.3. The Morgan fingerprint density at radius 2 is 1.75 bits per heavy atom. The first kappa shape index (κ1) is 22.2. The quantitative estimate of drug-likeness (QED) is 0.616. The van der Waals surface area contributed by atoms with Gasteiger partial charge < -0.3 is 14.7 Å². The van der Waals surface area contributed by atoms with Crippen molar-refractivity contribution in [2.24, 2.45) is 5.41 Å². The van der Waals surface area contributed by atoms with E-state index in [1.54, 1.807) is 13.8 Å². The van der Waals surface area contributed by atoms with E-state index in [2.05, 4.69) is 13.2 Å². The topological polar surface area (TPSA) is 66.8 Å². The minimum absolute atomic E-state index is 0.162. The van der Waals surface area contributed by atoms with E-state index in [-0.39, 0.29) is 6.42 Å². The first-order valence-corrected chi connectivity index (χ1v) is 7.78. The molecule has 0 aliphatic heterocycles. The molecule has 0 radical (unpaired) electrons. The van der Waals surface area contributed by atoms with Crippen molar-refractivity contribution in [2.45, 2.75) is 52.2 Å². The second-order valence-electron chi connectivity index (χ2n) is 6.09. The Bertz CT molecular complexity index is 473. The smallest absolute Gasteiger partial charge is 0.410 e. The van der Waals surface area contributed by atoms with Crippen LogP contribution in [-0.2, 0) is 9.53 Å². The summed E-state index contributed by atoms with van der Waals surface area (Å²) in [5.41, 5.74) is -1.12. The van der Waals surface area contributed by atoms with Gasteiger partial charge >= 0.3 is 12.0 Å². The largest absolute Gasteiger partial charge is 0.437 e. The number of amides is 1. The summed E-state index contributed by atoms with van der Waals surface area (Å²) in [6.45, 7) is 13.7. The van der Waals surface area contributed by atoms with Crippen LogP contribution in [0.2, 0.25) is 0 Å². The van der Waals surface area contributed by atoms with Gasteiger partial charge in [0.05, 0.1) is 0 Å². The first-order valence-electron chi connectivity index (χ1n) is 7.78. The predicted molar refractivity (Wildman–Crippen MR) is 87.9 cm³/mol. The van der Waals surface area contributed by atoms with Crippen LogP contribution in [-0.4, -0.2) is 53.1 Å². The van der Waals surface area contributed by atoms with Crippen LogP contribution >= 0.6 is 0 Å². The van der Waals surface area contributed by atoms with Gasteiger partial charge in [0.1, 0.15) is 6.10 Å². The Balaban J connectivity index is 5.73. The third-order valence-corrected chi connectivity index (χ3v) is 3.78. The number of Topliss-reactive ketones (excluding diaryl/α,β-unsaturated/α-hetero) is 1. The summed E-state index contributed by atoms with van der Waals surface area (Å²) in [6.07, 6.45) is -2.78. The van der Waals surface area contributed by atoms with Crippen LogP contribution in [0.1, 0.15) is 34.1 Å². The molecule has 0 heterocycles. The summed E-state index contributed by atoms with van der Waals surface area (Å²) < 4.78 is 33.4. The Morgan fingerprint density at radius 1 is 1.25 bits per heavy atom. The number of hydrogen-bond donors (Lipinski definition) is 1. The molecule has 0 fully saturated rings. The van der Waals surface area contributed by atoms with Gasteiger partial charge in [-0.2, -0.15) is 8.78 Å². The van der Waals surface area contributed by atoms with Gasteiger partial charge in [0, 0.05) is 18.5 Å². The number of alkyl halides is 2. The van der Waals surface area contributed by atoms with Gasteiger partial charge in [0.25, 0.3) is 0 Å². The molecule has 24 heavy (non-hydrogen) atoms. The van der Waals surface area contributed by atoms with Crippen LogP contribution in [0, 0.1) is 5.41 Å². The van der Waals surface area contributed by atoms with E-state index in [1.165, 1.54) is 24.8 Å². The van der Waals surface area contributed by atoms with Crippen molar-refractivity contribution in [3.8, 4) is 0 Å². The number of aliphatic hydroxyl groups is 1. The molecule has 0 rings (SSSR count). The van der Waals surface area contributed by atoms with Crippen molar-refractivity contribution < 1.29 is 28.2 Å². The number of rotatable bonds is 10. The third-order valence-electron chi connectivity index (χ3n) is 3.78. The van der Waals surface area contributed by atoms with E-state index in [0.717, 1.165) is 0 Å². The zero-order valence-corrected chi connectivity index (χ0v) is 14.7. The van der Waals surface area contributed by atoms with Crippen LogP contribution in [0.4, 0.5) is 13.6 Å². The summed E-state index contributed by atoms with van der Waals surface area (Å²) >= 11 is 0. The van der Waals surface area contributed by atoms with Crippen LogP contribution < -0.4 is 0 Å². The van der Waals surface area contributed by atoms with Crippen molar-refractivity contribution in [1.82, 2.24) is 4.90 Å². The van der Waals surface area contributed by atoms with Crippen LogP contribution in [0.5, 0.6) is 0 Å². The molecule has 2 atom stereocenters.